The second kappa shape index (κ2) is 4.97. The topological polar surface area (TPSA) is 56.2 Å². The van der Waals surface area contributed by atoms with Gasteiger partial charge in [0.05, 0.1) is 23.9 Å². The number of ether oxygens (including phenoxy) is 1. The maximum Gasteiger partial charge on any atom is 0.258 e. The fraction of sp³-hybridized carbons (Fsp3) is 0.733. The molecule has 108 valence electrons. The van der Waals surface area contributed by atoms with E-state index >= 15 is 0 Å². The Labute approximate surface area is 118 Å². The molecule has 0 aromatic carbocycles. The van der Waals surface area contributed by atoms with Gasteiger partial charge in [-0.15, -0.1) is 0 Å². The van der Waals surface area contributed by atoms with Gasteiger partial charge in [0.2, 0.25) is 0 Å². The van der Waals surface area contributed by atoms with Gasteiger partial charge in [-0.3, -0.25) is 9.36 Å². The number of aromatic nitrogens is 2. The molecule has 1 saturated heterocycles. The first-order valence-electron chi connectivity index (χ1n) is 7.78. The van der Waals surface area contributed by atoms with Crippen molar-refractivity contribution >= 4 is 0 Å². The maximum absolute atomic E-state index is 12.8. The van der Waals surface area contributed by atoms with Crippen molar-refractivity contribution in [3.05, 3.63) is 27.4 Å². The minimum atomic E-state index is 0.166. The van der Waals surface area contributed by atoms with Gasteiger partial charge in [-0.25, -0.2) is 4.98 Å². The number of nitrogens with one attached hydrogen (secondary N) is 1. The highest BCUT2D eigenvalue weighted by Crippen LogP contribution is 2.39. The molecule has 0 spiro atoms. The molecular formula is C15H21N3O2. The Hall–Kier alpha value is -1.20. The van der Waals surface area contributed by atoms with Crippen molar-refractivity contribution in [3.63, 3.8) is 0 Å². The molecule has 3 aliphatic rings. The summed E-state index contributed by atoms with van der Waals surface area (Å²) in [6.07, 6.45) is 5.60. The molecular weight excluding hydrogens is 254 g/mol. The smallest absolute Gasteiger partial charge is 0.258 e. The molecule has 1 atom stereocenters. The van der Waals surface area contributed by atoms with Crippen LogP contribution in [0.2, 0.25) is 0 Å². The van der Waals surface area contributed by atoms with Crippen molar-refractivity contribution in [2.75, 3.05) is 13.2 Å². The number of hydrogen-bond donors (Lipinski definition) is 1. The Kier molecular flexibility index (Phi) is 3.11. The van der Waals surface area contributed by atoms with E-state index in [9.17, 15) is 4.79 Å². The van der Waals surface area contributed by atoms with Crippen LogP contribution in [0.1, 0.15) is 48.7 Å². The predicted molar refractivity (Wildman–Crippen MR) is 74.9 cm³/mol. The number of fused-ring (bicyclic) bond motifs is 1. The highest BCUT2D eigenvalue weighted by Gasteiger charge is 2.32. The molecule has 1 N–H and O–H groups in total. The summed E-state index contributed by atoms with van der Waals surface area (Å²) in [6.45, 7) is 3.11. The van der Waals surface area contributed by atoms with Crippen LogP contribution in [0.5, 0.6) is 0 Å². The standard InChI is InChI=1S/C15H21N3O2/c19-15-12-8-16-6-5-13(12)17-14(10-3-4-10)18(15)9-11-2-1-7-20-11/h10-11,16H,1-9H2/t11-/m0/s1. The summed E-state index contributed by atoms with van der Waals surface area (Å²) in [6, 6.07) is 0. The lowest BCUT2D eigenvalue weighted by Crippen LogP contribution is -2.38. The predicted octanol–water partition coefficient (Wildman–Crippen LogP) is 0.945. The van der Waals surface area contributed by atoms with Crippen LogP contribution in [0.25, 0.3) is 0 Å². The third kappa shape index (κ3) is 2.19. The summed E-state index contributed by atoms with van der Waals surface area (Å²) >= 11 is 0. The van der Waals surface area contributed by atoms with Crippen LogP contribution < -0.4 is 10.9 Å². The highest BCUT2D eigenvalue weighted by atomic mass is 16.5. The lowest BCUT2D eigenvalue weighted by atomic mass is 10.1. The van der Waals surface area contributed by atoms with Crippen LogP contribution >= 0.6 is 0 Å². The van der Waals surface area contributed by atoms with E-state index in [1.165, 1.54) is 12.8 Å². The normalized spacial score (nSPS) is 25.7. The largest absolute Gasteiger partial charge is 0.376 e. The van der Waals surface area contributed by atoms with E-state index < -0.39 is 0 Å². The average Bonchev–Trinajstić information content (AvgIpc) is 3.19. The molecule has 1 saturated carbocycles. The fourth-order valence-corrected chi connectivity index (χ4v) is 3.28. The van der Waals surface area contributed by atoms with E-state index in [4.69, 9.17) is 9.72 Å². The Bertz CT molecular complexity index is 571. The molecule has 0 unspecified atom stereocenters. The lowest BCUT2D eigenvalue weighted by molar-refractivity contribution is 0.0949. The second-order valence-corrected chi connectivity index (χ2v) is 6.15. The van der Waals surface area contributed by atoms with E-state index in [2.05, 4.69) is 5.32 Å². The summed E-state index contributed by atoms with van der Waals surface area (Å²) in [5.74, 6) is 1.52. The van der Waals surface area contributed by atoms with Gasteiger partial charge in [0.1, 0.15) is 5.82 Å². The van der Waals surface area contributed by atoms with Crippen LogP contribution in [-0.4, -0.2) is 28.8 Å². The van der Waals surface area contributed by atoms with E-state index in [1.807, 2.05) is 4.57 Å². The minimum absolute atomic E-state index is 0.166. The average molecular weight is 275 g/mol. The third-order valence-corrected chi connectivity index (χ3v) is 4.57. The summed E-state index contributed by atoms with van der Waals surface area (Å²) in [7, 11) is 0. The van der Waals surface area contributed by atoms with E-state index in [0.717, 1.165) is 49.5 Å². The molecule has 1 aromatic rings. The number of rotatable bonds is 3. The van der Waals surface area contributed by atoms with Crippen molar-refractivity contribution < 1.29 is 4.74 Å². The SMILES string of the molecule is O=c1c2c(nc(C3CC3)n1C[C@@H]1CCCO1)CCNC2. The van der Waals surface area contributed by atoms with Crippen LogP contribution in [-0.2, 0) is 24.2 Å². The van der Waals surface area contributed by atoms with Crippen molar-refractivity contribution in [2.45, 2.75) is 57.2 Å². The van der Waals surface area contributed by atoms with E-state index in [0.29, 0.717) is 19.0 Å². The number of nitrogens with zero attached hydrogens (tertiary/aromatic N) is 2. The molecule has 1 aliphatic carbocycles. The molecule has 0 radical (unpaired) electrons. The lowest BCUT2D eigenvalue weighted by Gasteiger charge is -2.22. The quantitative estimate of drug-likeness (QED) is 0.892. The van der Waals surface area contributed by atoms with Gasteiger partial charge in [0.15, 0.2) is 0 Å². The molecule has 2 fully saturated rings. The van der Waals surface area contributed by atoms with Gasteiger partial charge in [-0.2, -0.15) is 0 Å². The first-order chi connectivity index (χ1) is 9.83. The monoisotopic (exact) mass is 275 g/mol. The Morgan fingerprint density at radius 1 is 1.35 bits per heavy atom. The van der Waals surface area contributed by atoms with Crippen LogP contribution in [0, 0.1) is 0 Å². The molecule has 1 aromatic heterocycles. The van der Waals surface area contributed by atoms with Gasteiger partial charge in [0.25, 0.3) is 5.56 Å². The first-order valence-corrected chi connectivity index (χ1v) is 7.78. The zero-order valence-corrected chi connectivity index (χ0v) is 11.7. The van der Waals surface area contributed by atoms with Gasteiger partial charge in [0, 0.05) is 32.0 Å². The fourth-order valence-electron chi connectivity index (χ4n) is 3.28. The number of hydrogen-bond acceptors (Lipinski definition) is 4. The molecule has 0 bridgehead atoms. The van der Waals surface area contributed by atoms with Crippen molar-refractivity contribution in [1.82, 2.24) is 14.9 Å². The molecule has 0 amide bonds. The summed E-state index contributed by atoms with van der Waals surface area (Å²) in [4.78, 5) is 17.6. The van der Waals surface area contributed by atoms with Gasteiger partial charge in [-0.1, -0.05) is 0 Å². The maximum atomic E-state index is 12.8. The molecule has 20 heavy (non-hydrogen) atoms. The molecule has 3 heterocycles. The van der Waals surface area contributed by atoms with Gasteiger partial charge in [-0.05, 0) is 25.7 Å². The van der Waals surface area contributed by atoms with Gasteiger partial charge >= 0.3 is 0 Å². The van der Waals surface area contributed by atoms with Crippen molar-refractivity contribution in [1.29, 1.82) is 0 Å². The second-order valence-electron chi connectivity index (χ2n) is 6.15. The summed E-state index contributed by atoms with van der Waals surface area (Å²) < 4.78 is 7.62. The third-order valence-electron chi connectivity index (χ3n) is 4.57. The molecule has 5 nitrogen and oxygen atoms in total. The van der Waals surface area contributed by atoms with Crippen LogP contribution in [0.3, 0.4) is 0 Å². The minimum Gasteiger partial charge on any atom is -0.376 e. The Morgan fingerprint density at radius 3 is 3.00 bits per heavy atom. The van der Waals surface area contributed by atoms with Gasteiger partial charge < -0.3 is 10.1 Å². The zero-order chi connectivity index (χ0) is 13.5. The van der Waals surface area contributed by atoms with Crippen LogP contribution in [0.15, 0.2) is 4.79 Å². The Morgan fingerprint density at radius 2 is 2.25 bits per heavy atom. The van der Waals surface area contributed by atoms with E-state index in [1.54, 1.807) is 0 Å². The van der Waals surface area contributed by atoms with Crippen LogP contribution in [0.4, 0.5) is 0 Å². The highest BCUT2D eigenvalue weighted by molar-refractivity contribution is 5.24. The van der Waals surface area contributed by atoms with Crippen molar-refractivity contribution in [3.8, 4) is 0 Å². The molecule has 2 aliphatic heterocycles. The molecule has 4 rings (SSSR count). The molecule has 5 heteroatoms. The summed E-state index contributed by atoms with van der Waals surface area (Å²) in [5.41, 5.74) is 2.07. The first kappa shape index (κ1) is 12.5. The van der Waals surface area contributed by atoms with E-state index in [-0.39, 0.29) is 11.7 Å². The van der Waals surface area contributed by atoms with Crippen molar-refractivity contribution in [2.24, 2.45) is 0 Å². The Balaban J connectivity index is 1.75. The zero-order valence-electron chi connectivity index (χ0n) is 11.7. The summed E-state index contributed by atoms with van der Waals surface area (Å²) in [5, 5.41) is 3.28.